The Morgan fingerprint density at radius 1 is 0.929 bits per heavy atom. The second kappa shape index (κ2) is 13.0. The Hall–Kier alpha value is -0.0400. The van der Waals surface area contributed by atoms with Crippen LogP contribution in [0, 0.1) is 0 Å². The molecule has 1 heterocycles. The summed E-state index contributed by atoms with van der Waals surface area (Å²) in [6.07, 6.45) is 7.48. The highest BCUT2D eigenvalue weighted by Gasteiger charge is 2.22. The van der Waals surface area contributed by atoms with E-state index in [9.17, 15) is 0 Å². The fourth-order valence-electron chi connectivity index (χ4n) is 1.61. The third-order valence-corrected chi connectivity index (χ3v) is 2.26. The van der Waals surface area contributed by atoms with Crippen LogP contribution in [0.3, 0.4) is 0 Å². The van der Waals surface area contributed by atoms with Crippen molar-refractivity contribution in [1.82, 2.24) is 0 Å². The lowest BCUT2D eigenvalue weighted by molar-refractivity contribution is 0.0385. The van der Waals surface area contributed by atoms with Crippen LogP contribution in [-0.2, 0) is 4.74 Å². The summed E-state index contributed by atoms with van der Waals surface area (Å²) in [6.45, 7) is 12.4. The first kappa shape index (κ1) is 16.4. The van der Waals surface area contributed by atoms with Gasteiger partial charge in [-0.05, 0) is 25.7 Å². The van der Waals surface area contributed by atoms with E-state index in [1.54, 1.807) is 0 Å². The molecular formula is C13H30O. The minimum absolute atomic E-state index is 0.580. The molecule has 0 N–H and O–H groups in total. The maximum atomic E-state index is 5.75. The van der Waals surface area contributed by atoms with E-state index in [1.165, 1.54) is 32.1 Å². The fourth-order valence-corrected chi connectivity index (χ4v) is 1.61. The number of hydrogen-bond donors (Lipinski definition) is 0. The molecule has 1 aliphatic heterocycles. The van der Waals surface area contributed by atoms with Gasteiger partial charge >= 0.3 is 0 Å². The molecule has 2 unspecified atom stereocenters. The molecule has 0 bridgehead atoms. The summed E-state index contributed by atoms with van der Waals surface area (Å²) in [5.74, 6) is 0. The largest absolute Gasteiger partial charge is 0.375 e. The predicted octanol–water partition coefficient (Wildman–Crippen LogP) is 4.80. The van der Waals surface area contributed by atoms with Crippen molar-refractivity contribution in [2.24, 2.45) is 0 Å². The first-order valence-corrected chi connectivity index (χ1v) is 6.52. The molecule has 1 saturated heterocycles. The smallest absolute Gasteiger partial charge is 0.0579 e. The molecule has 1 heteroatoms. The lowest BCUT2D eigenvalue weighted by Gasteiger charge is -2.10. The lowest BCUT2D eigenvalue weighted by atomic mass is 10.1. The standard InChI is InChI=1S/C9H18O.2C2H6/c1-3-5-9-7-6-8(4-2)10-9;2*1-2/h8-9H,3-7H2,1-2H3;2*1-2H3. The van der Waals surface area contributed by atoms with E-state index in [2.05, 4.69) is 13.8 Å². The molecule has 1 aliphatic rings. The van der Waals surface area contributed by atoms with Crippen LogP contribution in [0.5, 0.6) is 0 Å². The molecule has 88 valence electrons. The number of hydrogen-bond acceptors (Lipinski definition) is 1. The second-order valence-corrected chi connectivity index (χ2v) is 3.15. The van der Waals surface area contributed by atoms with Gasteiger partial charge in [-0.1, -0.05) is 48.0 Å². The van der Waals surface area contributed by atoms with Crippen LogP contribution in [0.1, 0.15) is 73.6 Å². The molecule has 0 spiro atoms. The average Bonchev–Trinajstić information content (AvgIpc) is 2.72. The lowest BCUT2D eigenvalue weighted by Crippen LogP contribution is -2.09. The zero-order valence-corrected chi connectivity index (χ0v) is 11.1. The highest BCUT2D eigenvalue weighted by molar-refractivity contribution is 4.71. The van der Waals surface area contributed by atoms with E-state index in [0.29, 0.717) is 12.2 Å². The van der Waals surface area contributed by atoms with Gasteiger partial charge in [0.05, 0.1) is 12.2 Å². The van der Waals surface area contributed by atoms with E-state index in [0.717, 1.165) is 0 Å². The fraction of sp³-hybridized carbons (Fsp3) is 1.00. The van der Waals surface area contributed by atoms with Crippen molar-refractivity contribution in [3.8, 4) is 0 Å². The average molecular weight is 202 g/mol. The van der Waals surface area contributed by atoms with Gasteiger partial charge in [-0.15, -0.1) is 0 Å². The third kappa shape index (κ3) is 7.37. The van der Waals surface area contributed by atoms with Crippen molar-refractivity contribution >= 4 is 0 Å². The van der Waals surface area contributed by atoms with Crippen molar-refractivity contribution < 1.29 is 4.74 Å². The highest BCUT2D eigenvalue weighted by atomic mass is 16.5. The van der Waals surface area contributed by atoms with Crippen LogP contribution >= 0.6 is 0 Å². The molecule has 0 aliphatic carbocycles. The molecule has 1 nitrogen and oxygen atoms in total. The van der Waals surface area contributed by atoms with Crippen LogP contribution in [0.4, 0.5) is 0 Å². The maximum absolute atomic E-state index is 5.75. The monoisotopic (exact) mass is 202 g/mol. The third-order valence-electron chi connectivity index (χ3n) is 2.26. The first-order chi connectivity index (χ1) is 6.86. The molecular weight excluding hydrogens is 172 g/mol. The first-order valence-electron chi connectivity index (χ1n) is 6.52. The Balaban J connectivity index is 0. The zero-order valence-electron chi connectivity index (χ0n) is 11.1. The Kier molecular flexibility index (Phi) is 15.2. The normalized spacial score (nSPS) is 24.4. The van der Waals surface area contributed by atoms with Crippen LogP contribution in [0.25, 0.3) is 0 Å². The summed E-state index contributed by atoms with van der Waals surface area (Å²) in [6, 6.07) is 0. The quantitative estimate of drug-likeness (QED) is 0.639. The maximum Gasteiger partial charge on any atom is 0.0579 e. The van der Waals surface area contributed by atoms with E-state index in [4.69, 9.17) is 4.74 Å². The predicted molar refractivity (Wildman–Crippen MR) is 65.8 cm³/mol. The zero-order chi connectivity index (χ0) is 11.4. The van der Waals surface area contributed by atoms with E-state index in [-0.39, 0.29) is 0 Å². The van der Waals surface area contributed by atoms with Gasteiger partial charge in [0.15, 0.2) is 0 Å². The molecule has 0 radical (unpaired) electrons. The van der Waals surface area contributed by atoms with Gasteiger partial charge < -0.3 is 4.74 Å². The molecule has 14 heavy (non-hydrogen) atoms. The molecule has 1 rings (SSSR count). The van der Waals surface area contributed by atoms with Crippen molar-refractivity contribution in [3.05, 3.63) is 0 Å². The van der Waals surface area contributed by atoms with Crippen LogP contribution < -0.4 is 0 Å². The molecule has 0 amide bonds. The summed E-state index contributed by atoms with van der Waals surface area (Å²) in [4.78, 5) is 0. The molecule has 0 aromatic carbocycles. The minimum Gasteiger partial charge on any atom is -0.375 e. The summed E-state index contributed by atoms with van der Waals surface area (Å²) in [7, 11) is 0. The second-order valence-electron chi connectivity index (χ2n) is 3.15. The number of ether oxygens (including phenoxy) is 1. The Bertz CT molecular complexity index is 91.2. The summed E-state index contributed by atoms with van der Waals surface area (Å²) >= 11 is 0. The molecule has 0 saturated carbocycles. The van der Waals surface area contributed by atoms with Gasteiger partial charge in [0.2, 0.25) is 0 Å². The highest BCUT2D eigenvalue weighted by Crippen LogP contribution is 2.24. The molecule has 2 atom stereocenters. The number of rotatable bonds is 3. The van der Waals surface area contributed by atoms with Crippen molar-refractivity contribution in [1.29, 1.82) is 0 Å². The Morgan fingerprint density at radius 3 is 1.79 bits per heavy atom. The minimum atomic E-state index is 0.580. The van der Waals surface area contributed by atoms with Crippen LogP contribution in [-0.4, -0.2) is 12.2 Å². The summed E-state index contributed by atoms with van der Waals surface area (Å²) in [5, 5.41) is 0. The molecule has 0 aromatic heterocycles. The molecule has 0 aromatic rings. The van der Waals surface area contributed by atoms with Gasteiger partial charge in [0, 0.05) is 0 Å². The van der Waals surface area contributed by atoms with Gasteiger partial charge in [-0.25, -0.2) is 0 Å². The van der Waals surface area contributed by atoms with Gasteiger partial charge in [0.25, 0.3) is 0 Å². The van der Waals surface area contributed by atoms with E-state index >= 15 is 0 Å². The van der Waals surface area contributed by atoms with Crippen molar-refractivity contribution in [2.45, 2.75) is 85.9 Å². The van der Waals surface area contributed by atoms with E-state index < -0.39 is 0 Å². The van der Waals surface area contributed by atoms with E-state index in [1.807, 2.05) is 27.7 Å². The van der Waals surface area contributed by atoms with Crippen molar-refractivity contribution in [2.75, 3.05) is 0 Å². The summed E-state index contributed by atoms with van der Waals surface area (Å²) in [5.41, 5.74) is 0. The van der Waals surface area contributed by atoms with Crippen LogP contribution in [0.2, 0.25) is 0 Å². The van der Waals surface area contributed by atoms with Crippen molar-refractivity contribution in [3.63, 3.8) is 0 Å². The SMILES string of the molecule is CC.CC.CCCC1CCC(CC)O1. The Morgan fingerprint density at radius 2 is 1.43 bits per heavy atom. The topological polar surface area (TPSA) is 9.23 Å². The van der Waals surface area contributed by atoms with Gasteiger partial charge in [-0.3, -0.25) is 0 Å². The molecule has 1 fully saturated rings. The van der Waals surface area contributed by atoms with Gasteiger partial charge in [0.1, 0.15) is 0 Å². The Labute approximate surface area is 91.2 Å². The van der Waals surface area contributed by atoms with Gasteiger partial charge in [-0.2, -0.15) is 0 Å². The summed E-state index contributed by atoms with van der Waals surface area (Å²) < 4.78 is 5.75. The van der Waals surface area contributed by atoms with Crippen LogP contribution in [0.15, 0.2) is 0 Å².